The van der Waals surface area contributed by atoms with Crippen molar-refractivity contribution in [2.24, 2.45) is 0 Å². The Morgan fingerprint density at radius 3 is 2.16 bits per heavy atom. The molecule has 0 unspecified atom stereocenters. The Morgan fingerprint density at radius 2 is 1.54 bits per heavy atom. The topological polar surface area (TPSA) is 78.9 Å². The van der Waals surface area contributed by atoms with E-state index < -0.39 is 23.7 Å². The normalized spacial score (nSPS) is 10.5. The highest BCUT2D eigenvalue weighted by molar-refractivity contribution is 5.89. The van der Waals surface area contributed by atoms with Gasteiger partial charge in [0.2, 0.25) is 0 Å². The van der Waals surface area contributed by atoms with Gasteiger partial charge in [0.15, 0.2) is 0 Å². The van der Waals surface area contributed by atoms with Gasteiger partial charge in [0.1, 0.15) is 17.3 Å². The van der Waals surface area contributed by atoms with Crippen LogP contribution in [-0.2, 0) is 25.5 Å². The predicted molar refractivity (Wildman–Crippen MR) is 138 cm³/mol. The highest BCUT2D eigenvalue weighted by Gasteiger charge is 2.09. The molecule has 0 spiro atoms. The third kappa shape index (κ3) is 8.14. The lowest BCUT2D eigenvalue weighted by Crippen LogP contribution is -2.07. The van der Waals surface area contributed by atoms with E-state index in [0.717, 1.165) is 11.6 Å². The molecule has 188 valence electrons. The standard InChI is InChI=1S/C30H25FO6/c1-4-28(32)35-18-17-21-5-11-24(12-6-21)36-29(33)16-8-22-7-15-26(27(31)19-22)23-9-13-25(14-10-23)37-30(34)20(2)3/h4-16,19H,1-2,17-18H2,3H3. The van der Waals surface area contributed by atoms with Crippen LogP contribution in [0.3, 0.4) is 0 Å². The van der Waals surface area contributed by atoms with Crippen molar-refractivity contribution in [1.29, 1.82) is 0 Å². The van der Waals surface area contributed by atoms with Gasteiger partial charge in [-0.15, -0.1) is 0 Å². The van der Waals surface area contributed by atoms with Crippen molar-refractivity contribution >= 4 is 24.0 Å². The molecule has 0 atom stereocenters. The van der Waals surface area contributed by atoms with Crippen molar-refractivity contribution < 1.29 is 33.0 Å². The van der Waals surface area contributed by atoms with E-state index in [2.05, 4.69) is 13.2 Å². The van der Waals surface area contributed by atoms with Gasteiger partial charge in [-0.3, -0.25) is 0 Å². The Morgan fingerprint density at radius 1 is 0.892 bits per heavy atom. The molecule has 0 bridgehead atoms. The minimum Gasteiger partial charge on any atom is -0.462 e. The number of hydrogen-bond donors (Lipinski definition) is 0. The number of carbonyl (C=O) groups is 3. The molecule has 0 N–H and O–H groups in total. The Bertz CT molecular complexity index is 1340. The zero-order valence-electron chi connectivity index (χ0n) is 20.2. The Kier molecular flexibility index (Phi) is 9.27. The van der Waals surface area contributed by atoms with Gasteiger partial charge >= 0.3 is 17.9 Å². The zero-order valence-corrected chi connectivity index (χ0v) is 20.2. The Hall–Kier alpha value is -4.78. The molecular formula is C30H25FO6. The van der Waals surface area contributed by atoms with Crippen LogP contribution in [0.5, 0.6) is 11.5 Å². The smallest absolute Gasteiger partial charge is 0.338 e. The molecule has 0 heterocycles. The molecule has 3 aromatic rings. The van der Waals surface area contributed by atoms with E-state index in [1.807, 2.05) is 0 Å². The van der Waals surface area contributed by atoms with Crippen LogP contribution >= 0.6 is 0 Å². The molecule has 0 aliphatic carbocycles. The number of halogens is 1. The van der Waals surface area contributed by atoms with Crippen LogP contribution in [0.15, 0.2) is 97.6 Å². The third-order valence-corrected chi connectivity index (χ3v) is 5.07. The molecule has 3 rings (SSSR count). The number of benzene rings is 3. The first-order valence-corrected chi connectivity index (χ1v) is 11.3. The van der Waals surface area contributed by atoms with Gasteiger partial charge in [-0.2, -0.15) is 0 Å². The number of carbonyl (C=O) groups excluding carboxylic acids is 3. The minimum atomic E-state index is -0.614. The fraction of sp³-hybridized carbons (Fsp3) is 0.100. The second kappa shape index (κ2) is 12.8. The van der Waals surface area contributed by atoms with Crippen LogP contribution in [0.2, 0.25) is 0 Å². The lowest BCUT2D eigenvalue weighted by Gasteiger charge is -2.07. The summed E-state index contributed by atoms with van der Waals surface area (Å²) in [6.07, 6.45) is 4.28. The third-order valence-electron chi connectivity index (χ3n) is 5.07. The van der Waals surface area contributed by atoms with Crippen LogP contribution in [0, 0.1) is 5.82 Å². The summed E-state index contributed by atoms with van der Waals surface area (Å²) in [6, 6.07) is 17.8. The maximum atomic E-state index is 14.7. The van der Waals surface area contributed by atoms with Crippen molar-refractivity contribution in [3.05, 3.63) is 115 Å². The molecular weight excluding hydrogens is 475 g/mol. The summed E-state index contributed by atoms with van der Waals surface area (Å²) >= 11 is 0. The molecule has 0 saturated carbocycles. The fourth-order valence-corrected chi connectivity index (χ4v) is 3.13. The van der Waals surface area contributed by atoms with Gasteiger partial charge in [-0.05, 0) is 60.0 Å². The van der Waals surface area contributed by atoms with Crippen LogP contribution in [0.4, 0.5) is 4.39 Å². The molecule has 7 heteroatoms. The van der Waals surface area contributed by atoms with E-state index in [1.54, 1.807) is 67.6 Å². The SMILES string of the molecule is C=CC(=O)OCCc1ccc(OC(=O)C=Cc2ccc(-c3ccc(OC(=O)C(=C)C)cc3)c(F)c2)cc1. The van der Waals surface area contributed by atoms with Crippen LogP contribution in [0.25, 0.3) is 17.2 Å². The molecule has 6 nitrogen and oxygen atoms in total. The van der Waals surface area contributed by atoms with E-state index in [0.29, 0.717) is 34.6 Å². The molecule has 3 aromatic carbocycles. The fourth-order valence-electron chi connectivity index (χ4n) is 3.13. The van der Waals surface area contributed by atoms with Gasteiger partial charge in [-0.1, -0.05) is 49.6 Å². The lowest BCUT2D eigenvalue weighted by atomic mass is 10.0. The summed E-state index contributed by atoms with van der Waals surface area (Å²) in [4.78, 5) is 34.8. The van der Waals surface area contributed by atoms with Crippen molar-refractivity contribution in [1.82, 2.24) is 0 Å². The van der Waals surface area contributed by atoms with Gasteiger partial charge in [0, 0.05) is 29.7 Å². The molecule has 0 amide bonds. The van der Waals surface area contributed by atoms with Crippen molar-refractivity contribution in [3.63, 3.8) is 0 Å². The predicted octanol–water partition coefficient (Wildman–Crippen LogP) is 5.86. The summed E-state index contributed by atoms with van der Waals surface area (Å²) in [5, 5.41) is 0. The molecule has 0 radical (unpaired) electrons. The van der Waals surface area contributed by atoms with Crippen LogP contribution in [-0.4, -0.2) is 24.5 Å². The molecule has 0 saturated heterocycles. The number of ether oxygens (including phenoxy) is 3. The Balaban J connectivity index is 1.56. The summed E-state index contributed by atoms with van der Waals surface area (Å²) < 4.78 is 30.1. The van der Waals surface area contributed by atoms with Gasteiger partial charge in [0.05, 0.1) is 6.61 Å². The van der Waals surface area contributed by atoms with Crippen LogP contribution in [0.1, 0.15) is 18.1 Å². The highest BCUT2D eigenvalue weighted by Crippen LogP contribution is 2.26. The van der Waals surface area contributed by atoms with E-state index in [9.17, 15) is 18.8 Å². The van der Waals surface area contributed by atoms with Gasteiger partial charge in [0.25, 0.3) is 0 Å². The summed E-state index contributed by atoms with van der Waals surface area (Å²) in [6.45, 7) is 8.63. The molecule has 0 aliphatic rings. The van der Waals surface area contributed by atoms with Crippen molar-refractivity contribution in [2.75, 3.05) is 6.61 Å². The number of hydrogen-bond acceptors (Lipinski definition) is 6. The largest absolute Gasteiger partial charge is 0.462 e. The van der Waals surface area contributed by atoms with Crippen molar-refractivity contribution in [3.8, 4) is 22.6 Å². The first-order chi connectivity index (χ1) is 17.7. The first-order valence-electron chi connectivity index (χ1n) is 11.3. The number of rotatable bonds is 10. The minimum absolute atomic E-state index is 0.220. The van der Waals surface area contributed by atoms with E-state index in [4.69, 9.17) is 14.2 Å². The molecule has 0 aliphatic heterocycles. The molecule has 0 fully saturated rings. The summed E-state index contributed by atoms with van der Waals surface area (Å²) in [7, 11) is 0. The molecule has 0 aromatic heterocycles. The van der Waals surface area contributed by atoms with Gasteiger partial charge < -0.3 is 14.2 Å². The molecule has 37 heavy (non-hydrogen) atoms. The van der Waals surface area contributed by atoms with Gasteiger partial charge in [-0.25, -0.2) is 18.8 Å². The number of esters is 3. The highest BCUT2D eigenvalue weighted by atomic mass is 19.1. The second-order valence-electron chi connectivity index (χ2n) is 7.95. The summed E-state index contributed by atoms with van der Waals surface area (Å²) in [5.74, 6) is -1.42. The first kappa shape index (κ1) is 26.8. The zero-order chi connectivity index (χ0) is 26.8. The monoisotopic (exact) mass is 500 g/mol. The second-order valence-corrected chi connectivity index (χ2v) is 7.95. The lowest BCUT2D eigenvalue weighted by molar-refractivity contribution is -0.137. The van der Waals surface area contributed by atoms with Crippen LogP contribution < -0.4 is 9.47 Å². The maximum Gasteiger partial charge on any atom is 0.338 e. The quantitative estimate of drug-likeness (QED) is 0.197. The Labute approximate surface area is 214 Å². The van der Waals surface area contributed by atoms with E-state index in [1.165, 1.54) is 18.2 Å². The van der Waals surface area contributed by atoms with E-state index in [-0.39, 0.29) is 12.2 Å². The maximum absolute atomic E-state index is 14.7. The van der Waals surface area contributed by atoms with E-state index >= 15 is 0 Å². The summed E-state index contributed by atoms with van der Waals surface area (Å²) in [5.41, 5.74) is 2.63. The average Bonchev–Trinajstić information content (AvgIpc) is 2.89. The average molecular weight is 501 g/mol. The van der Waals surface area contributed by atoms with Crippen molar-refractivity contribution in [2.45, 2.75) is 13.3 Å².